The van der Waals surface area contributed by atoms with Crippen molar-refractivity contribution < 1.29 is 0 Å². The zero-order valence-corrected chi connectivity index (χ0v) is 10.9. The zero-order chi connectivity index (χ0) is 11.8. The average Bonchev–Trinajstić information content (AvgIpc) is 2.32. The van der Waals surface area contributed by atoms with Crippen LogP contribution in [0.25, 0.3) is 0 Å². The van der Waals surface area contributed by atoms with Crippen molar-refractivity contribution in [1.29, 1.82) is 0 Å². The van der Waals surface area contributed by atoms with E-state index in [1.54, 1.807) is 5.56 Å². The normalized spacial score (nSPS) is 16.4. The van der Waals surface area contributed by atoms with Gasteiger partial charge in [-0.15, -0.1) is 0 Å². The van der Waals surface area contributed by atoms with E-state index in [4.69, 9.17) is 0 Å². The quantitative estimate of drug-likeness (QED) is 0.756. The van der Waals surface area contributed by atoms with Crippen molar-refractivity contribution in [3.05, 3.63) is 35.4 Å². The summed E-state index contributed by atoms with van der Waals surface area (Å²) in [5.74, 6) is 0.856. The van der Waals surface area contributed by atoms with E-state index in [0.29, 0.717) is 0 Å². The van der Waals surface area contributed by atoms with Gasteiger partial charge in [0.1, 0.15) is 0 Å². The van der Waals surface area contributed by atoms with Crippen molar-refractivity contribution in [1.82, 2.24) is 5.32 Å². The summed E-state index contributed by atoms with van der Waals surface area (Å²) in [7, 11) is 3.75. The van der Waals surface area contributed by atoms with E-state index in [9.17, 15) is 0 Å². The van der Waals surface area contributed by atoms with Crippen molar-refractivity contribution in [2.45, 2.75) is 44.9 Å². The van der Waals surface area contributed by atoms with Gasteiger partial charge in [-0.05, 0) is 45.3 Å². The minimum absolute atomic E-state index is 0.856. The Labute approximate surface area is 100 Å². The molecule has 1 aliphatic carbocycles. The maximum atomic E-state index is 2.75. The van der Waals surface area contributed by atoms with Crippen LogP contribution in [-0.2, 0) is 0 Å². The van der Waals surface area contributed by atoms with Crippen LogP contribution in [0.1, 0.15) is 49.1 Å². The van der Waals surface area contributed by atoms with E-state index in [2.05, 4.69) is 36.5 Å². The van der Waals surface area contributed by atoms with Crippen LogP contribution in [0.3, 0.4) is 0 Å². The van der Waals surface area contributed by atoms with Crippen molar-refractivity contribution in [2.75, 3.05) is 14.1 Å². The highest BCUT2D eigenvalue weighted by Gasteiger charge is 2.14. The number of hydrogen-bond acceptors (Lipinski definition) is 1. The molecule has 1 saturated carbocycles. The Kier molecular flexibility index (Phi) is 6.17. The van der Waals surface area contributed by atoms with E-state index in [1.807, 2.05) is 14.1 Å². The molecule has 1 nitrogen and oxygen atoms in total. The van der Waals surface area contributed by atoms with Crippen molar-refractivity contribution in [2.24, 2.45) is 0 Å². The van der Waals surface area contributed by atoms with Crippen LogP contribution in [0.4, 0.5) is 0 Å². The molecular weight excluding hydrogens is 194 g/mol. The maximum Gasteiger partial charge on any atom is -0.0162 e. The fraction of sp³-hybridized carbons (Fsp3) is 0.600. The number of nitrogens with one attached hydrogen (secondary N) is 1. The minimum atomic E-state index is 0.856. The summed E-state index contributed by atoms with van der Waals surface area (Å²) < 4.78 is 0. The molecule has 1 fully saturated rings. The van der Waals surface area contributed by atoms with Gasteiger partial charge >= 0.3 is 0 Å². The molecule has 1 aliphatic rings. The first-order chi connectivity index (χ1) is 7.77. The van der Waals surface area contributed by atoms with Crippen molar-refractivity contribution >= 4 is 0 Å². The fourth-order valence-electron chi connectivity index (χ4n) is 2.27. The van der Waals surface area contributed by atoms with E-state index >= 15 is 0 Å². The summed E-state index contributed by atoms with van der Waals surface area (Å²) >= 11 is 0. The van der Waals surface area contributed by atoms with Gasteiger partial charge in [-0.25, -0.2) is 0 Å². The van der Waals surface area contributed by atoms with Gasteiger partial charge in [0.2, 0.25) is 0 Å². The lowest BCUT2D eigenvalue weighted by Crippen LogP contribution is -2.04. The molecule has 1 aromatic rings. The van der Waals surface area contributed by atoms with E-state index in [0.717, 1.165) is 5.92 Å². The Morgan fingerprint density at radius 1 is 0.938 bits per heavy atom. The molecule has 0 aliphatic heterocycles. The molecule has 0 saturated heterocycles. The SMILES string of the molecule is CNC.Cc1ccc(C2CCCCC2)cc1. The van der Waals surface area contributed by atoms with E-state index < -0.39 is 0 Å². The maximum absolute atomic E-state index is 2.75. The van der Waals surface area contributed by atoms with Crippen LogP contribution in [0.15, 0.2) is 24.3 Å². The highest BCUT2D eigenvalue weighted by molar-refractivity contribution is 5.24. The van der Waals surface area contributed by atoms with Crippen molar-refractivity contribution in [3.63, 3.8) is 0 Å². The molecule has 0 radical (unpaired) electrons. The van der Waals surface area contributed by atoms with Crippen LogP contribution in [0, 0.1) is 6.92 Å². The monoisotopic (exact) mass is 219 g/mol. The predicted molar refractivity (Wildman–Crippen MR) is 72.0 cm³/mol. The number of rotatable bonds is 1. The summed E-state index contributed by atoms with van der Waals surface area (Å²) in [5.41, 5.74) is 2.94. The molecule has 1 aromatic carbocycles. The molecule has 0 atom stereocenters. The fourth-order valence-corrected chi connectivity index (χ4v) is 2.27. The first-order valence-electron chi connectivity index (χ1n) is 6.43. The second-order valence-corrected chi connectivity index (χ2v) is 4.75. The van der Waals surface area contributed by atoms with Crippen LogP contribution in [0.5, 0.6) is 0 Å². The van der Waals surface area contributed by atoms with Crippen LogP contribution in [-0.4, -0.2) is 14.1 Å². The third-order valence-electron chi connectivity index (χ3n) is 3.15. The summed E-state index contributed by atoms with van der Waals surface area (Å²) in [6, 6.07) is 9.10. The summed E-state index contributed by atoms with van der Waals surface area (Å²) in [6.45, 7) is 2.16. The second kappa shape index (κ2) is 7.45. The van der Waals surface area contributed by atoms with Gasteiger partial charge in [0.15, 0.2) is 0 Å². The summed E-state index contributed by atoms with van der Waals surface area (Å²) in [5, 5.41) is 2.75. The highest BCUT2D eigenvalue weighted by Crippen LogP contribution is 2.32. The largest absolute Gasteiger partial charge is 0.323 e. The smallest absolute Gasteiger partial charge is 0.0162 e. The Morgan fingerprint density at radius 2 is 1.44 bits per heavy atom. The highest BCUT2D eigenvalue weighted by atomic mass is 14.7. The molecule has 1 N–H and O–H groups in total. The molecule has 0 aromatic heterocycles. The molecule has 90 valence electrons. The van der Waals surface area contributed by atoms with E-state index in [-0.39, 0.29) is 0 Å². The standard InChI is InChI=1S/C13H18.C2H7N/c1-11-7-9-13(10-8-11)12-5-3-2-4-6-12;1-3-2/h7-10,12H,2-6H2,1H3;3H,1-2H3. The third-order valence-corrected chi connectivity index (χ3v) is 3.15. The molecular formula is C15H25N. The molecule has 0 unspecified atom stereocenters. The Morgan fingerprint density at radius 3 is 1.94 bits per heavy atom. The van der Waals surface area contributed by atoms with Gasteiger partial charge in [-0.3, -0.25) is 0 Å². The molecule has 0 bridgehead atoms. The number of hydrogen-bond donors (Lipinski definition) is 1. The van der Waals surface area contributed by atoms with Gasteiger partial charge in [0.25, 0.3) is 0 Å². The Hall–Kier alpha value is -0.820. The van der Waals surface area contributed by atoms with Crippen LogP contribution in [0.2, 0.25) is 0 Å². The molecule has 16 heavy (non-hydrogen) atoms. The molecule has 0 heterocycles. The third kappa shape index (κ3) is 4.36. The number of aryl methyl sites for hydroxylation is 1. The van der Waals surface area contributed by atoms with E-state index in [1.165, 1.54) is 37.7 Å². The molecule has 0 spiro atoms. The minimum Gasteiger partial charge on any atom is -0.323 e. The first kappa shape index (κ1) is 13.2. The molecule has 0 amide bonds. The lowest BCUT2D eigenvalue weighted by molar-refractivity contribution is 0.443. The van der Waals surface area contributed by atoms with Gasteiger partial charge in [0, 0.05) is 0 Å². The Balaban J connectivity index is 0.000000386. The summed E-state index contributed by atoms with van der Waals surface area (Å²) in [6.07, 6.45) is 7.12. The molecule has 1 heteroatoms. The van der Waals surface area contributed by atoms with Crippen LogP contribution >= 0.6 is 0 Å². The summed E-state index contributed by atoms with van der Waals surface area (Å²) in [4.78, 5) is 0. The first-order valence-corrected chi connectivity index (χ1v) is 6.43. The van der Waals surface area contributed by atoms with Gasteiger partial charge in [-0.2, -0.15) is 0 Å². The predicted octanol–water partition coefficient (Wildman–Crippen LogP) is 3.88. The average molecular weight is 219 g/mol. The van der Waals surface area contributed by atoms with Gasteiger partial charge in [0.05, 0.1) is 0 Å². The van der Waals surface area contributed by atoms with Crippen molar-refractivity contribution in [3.8, 4) is 0 Å². The van der Waals surface area contributed by atoms with Gasteiger partial charge < -0.3 is 5.32 Å². The Bertz CT molecular complexity index is 270. The topological polar surface area (TPSA) is 12.0 Å². The molecule has 2 rings (SSSR count). The van der Waals surface area contributed by atoms with Crippen LogP contribution < -0.4 is 5.32 Å². The lowest BCUT2D eigenvalue weighted by atomic mass is 9.84. The lowest BCUT2D eigenvalue weighted by Gasteiger charge is -2.21. The second-order valence-electron chi connectivity index (χ2n) is 4.75. The zero-order valence-electron chi connectivity index (χ0n) is 10.9. The van der Waals surface area contributed by atoms with Gasteiger partial charge in [-0.1, -0.05) is 49.1 Å². The number of benzene rings is 1.